The van der Waals surface area contributed by atoms with Gasteiger partial charge in [0.25, 0.3) is 5.91 Å². The summed E-state index contributed by atoms with van der Waals surface area (Å²) in [5.41, 5.74) is 0.0876. The average Bonchev–Trinajstić information content (AvgIpc) is 2.46. The number of hydrogen-bond acceptors (Lipinski definition) is 5. The number of amides is 3. The van der Waals surface area contributed by atoms with Gasteiger partial charge in [0.05, 0.1) is 7.11 Å². The molecule has 3 amide bonds. The predicted molar refractivity (Wildman–Crippen MR) is 75.5 cm³/mol. The highest BCUT2D eigenvalue weighted by molar-refractivity contribution is 6.31. The Bertz CT molecular complexity index is 561. The van der Waals surface area contributed by atoms with Gasteiger partial charge >= 0.3 is 12.0 Å². The summed E-state index contributed by atoms with van der Waals surface area (Å²) >= 11 is 5.81. The highest BCUT2D eigenvalue weighted by Crippen LogP contribution is 2.23. The molecule has 0 fully saturated rings. The van der Waals surface area contributed by atoms with E-state index in [0.29, 0.717) is 5.02 Å². The zero-order valence-electron chi connectivity index (χ0n) is 11.7. The van der Waals surface area contributed by atoms with E-state index in [9.17, 15) is 14.4 Å². The molecule has 1 aromatic rings. The minimum Gasteiger partial charge on any atom is -0.496 e. The molecule has 21 heavy (non-hydrogen) atoms. The summed E-state index contributed by atoms with van der Waals surface area (Å²) < 4.78 is 9.99. The Balaban J connectivity index is 2.79. The molecule has 0 aromatic heterocycles. The number of imide groups is 1. The summed E-state index contributed by atoms with van der Waals surface area (Å²) in [4.78, 5) is 34.6. The van der Waals surface area contributed by atoms with Crippen LogP contribution >= 0.6 is 11.6 Å². The normalized spacial score (nSPS) is 11.2. The van der Waals surface area contributed by atoms with E-state index in [2.05, 4.69) is 5.32 Å². The van der Waals surface area contributed by atoms with Gasteiger partial charge in [0.1, 0.15) is 11.3 Å². The second-order valence-electron chi connectivity index (χ2n) is 3.96. The maximum absolute atomic E-state index is 12.0. The Morgan fingerprint density at radius 2 is 1.95 bits per heavy atom. The molecule has 2 N–H and O–H groups in total. The van der Waals surface area contributed by atoms with Crippen LogP contribution in [0.3, 0.4) is 0 Å². The molecule has 0 bridgehead atoms. The number of methoxy groups -OCH3 is 1. The van der Waals surface area contributed by atoms with Crippen molar-refractivity contribution in [2.24, 2.45) is 0 Å². The molecule has 0 spiro atoms. The number of ether oxygens (including phenoxy) is 2. The third-order valence-electron chi connectivity index (χ3n) is 2.50. The predicted octanol–water partition coefficient (Wildman–Crippen LogP) is 1.35. The van der Waals surface area contributed by atoms with Crippen LogP contribution in [0.4, 0.5) is 4.79 Å². The molecule has 0 aliphatic heterocycles. The number of urea groups is 1. The zero-order chi connectivity index (χ0) is 16.0. The first-order valence-electron chi connectivity index (χ1n) is 5.96. The van der Waals surface area contributed by atoms with Gasteiger partial charge in [-0.3, -0.25) is 10.1 Å². The molecule has 0 unspecified atom stereocenters. The van der Waals surface area contributed by atoms with Gasteiger partial charge in [-0.05, 0) is 25.1 Å². The lowest BCUT2D eigenvalue weighted by molar-refractivity contribution is -0.127. The average molecular weight is 315 g/mol. The van der Waals surface area contributed by atoms with Crippen LogP contribution in [0.5, 0.6) is 5.75 Å². The molecule has 1 atom stereocenters. The van der Waals surface area contributed by atoms with Crippen LogP contribution in [0.15, 0.2) is 18.2 Å². The molecular weight excluding hydrogens is 300 g/mol. The summed E-state index contributed by atoms with van der Waals surface area (Å²) in [5, 5.41) is 4.54. The first kappa shape index (κ1) is 16.8. The van der Waals surface area contributed by atoms with Gasteiger partial charge in [0, 0.05) is 12.1 Å². The topological polar surface area (TPSA) is 93.7 Å². The summed E-state index contributed by atoms with van der Waals surface area (Å²) in [7, 11) is 2.75. The molecule has 114 valence electrons. The van der Waals surface area contributed by atoms with Gasteiger partial charge < -0.3 is 14.8 Å². The molecule has 0 saturated carbocycles. The molecule has 7 nitrogen and oxygen atoms in total. The molecule has 0 heterocycles. The quantitative estimate of drug-likeness (QED) is 0.818. The van der Waals surface area contributed by atoms with Crippen LogP contribution in [0, 0.1) is 0 Å². The van der Waals surface area contributed by atoms with Crippen LogP contribution in [0.25, 0.3) is 0 Å². The Labute approximate surface area is 126 Å². The fourth-order valence-corrected chi connectivity index (χ4v) is 1.57. The van der Waals surface area contributed by atoms with Crippen LogP contribution in [-0.4, -0.2) is 38.2 Å². The second kappa shape index (κ2) is 7.49. The van der Waals surface area contributed by atoms with E-state index in [1.807, 2.05) is 5.32 Å². The summed E-state index contributed by atoms with van der Waals surface area (Å²) in [6, 6.07) is 3.74. The molecule has 0 saturated heterocycles. The van der Waals surface area contributed by atoms with Crippen LogP contribution < -0.4 is 15.4 Å². The van der Waals surface area contributed by atoms with Gasteiger partial charge in [-0.2, -0.15) is 0 Å². The van der Waals surface area contributed by atoms with Crippen molar-refractivity contribution in [3.8, 4) is 5.75 Å². The molecule has 0 aliphatic carbocycles. The number of halogens is 1. The Kier molecular flexibility index (Phi) is 5.98. The van der Waals surface area contributed by atoms with Crippen molar-refractivity contribution in [2.45, 2.75) is 13.0 Å². The van der Waals surface area contributed by atoms with E-state index in [0.717, 1.165) is 0 Å². The first-order chi connectivity index (χ1) is 9.88. The van der Waals surface area contributed by atoms with Crippen molar-refractivity contribution in [1.29, 1.82) is 0 Å². The number of nitrogens with one attached hydrogen (secondary N) is 2. The lowest BCUT2D eigenvalue weighted by Crippen LogP contribution is -2.43. The molecular formula is C13H15ClN2O5. The molecule has 0 aliphatic rings. The number of carbonyl (C=O) groups excluding carboxylic acids is 3. The van der Waals surface area contributed by atoms with Crippen molar-refractivity contribution < 1.29 is 23.9 Å². The Morgan fingerprint density at radius 1 is 1.29 bits per heavy atom. The molecule has 0 radical (unpaired) electrons. The third-order valence-corrected chi connectivity index (χ3v) is 2.73. The first-order valence-corrected chi connectivity index (χ1v) is 6.34. The number of carbonyl (C=O) groups is 3. The van der Waals surface area contributed by atoms with Crippen molar-refractivity contribution in [1.82, 2.24) is 10.6 Å². The van der Waals surface area contributed by atoms with E-state index >= 15 is 0 Å². The fraction of sp³-hybridized carbons (Fsp3) is 0.308. The Hall–Kier alpha value is -2.28. The second-order valence-corrected chi connectivity index (χ2v) is 4.40. The maximum Gasteiger partial charge on any atom is 0.342 e. The van der Waals surface area contributed by atoms with Crippen molar-refractivity contribution in [3.05, 3.63) is 28.8 Å². The van der Waals surface area contributed by atoms with Gasteiger partial charge in [-0.15, -0.1) is 0 Å². The summed E-state index contributed by atoms with van der Waals surface area (Å²) in [5.74, 6) is -1.26. The molecule has 1 rings (SSSR count). The van der Waals surface area contributed by atoms with Crippen molar-refractivity contribution >= 4 is 29.5 Å². The van der Waals surface area contributed by atoms with E-state index in [1.165, 1.54) is 33.2 Å². The van der Waals surface area contributed by atoms with E-state index in [-0.39, 0.29) is 11.3 Å². The van der Waals surface area contributed by atoms with Crippen molar-refractivity contribution in [2.75, 3.05) is 14.2 Å². The molecule has 8 heteroatoms. The van der Waals surface area contributed by atoms with E-state index < -0.39 is 24.0 Å². The summed E-state index contributed by atoms with van der Waals surface area (Å²) in [6.07, 6.45) is -1.15. The van der Waals surface area contributed by atoms with E-state index in [1.54, 1.807) is 6.07 Å². The minimum absolute atomic E-state index is 0.0876. The van der Waals surface area contributed by atoms with Gasteiger partial charge in [-0.1, -0.05) is 11.6 Å². The lowest BCUT2D eigenvalue weighted by Gasteiger charge is -2.14. The van der Waals surface area contributed by atoms with Crippen LogP contribution in [0.2, 0.25) is 5.02 Å². The minimum atomic E-state index is -1.15. The van der Waals surface area contributed by atoms with Gasteiger partial charge in [0.15, 0.2) is 6.10 Å². The Morgan fingerprint density at radius 3 is 2.52 bits per heavy atom. The van der Waals surface area contributed by atoms with Gasteiger partial charge in [0.2, 0.25) is 0 Å². The largest absolute Gasteiger partial charge is 0.496 e. The monoisotopic (exact) mass is 314 g/mol. The smallest absolute Gasteiger partial charge is 0.342 e. The third kappa shape index (κ3) is 4.64. The van der Waals surface area contributed by atoms with Crippen molar-refractivity contribution in [3.63, 3.8) is 0 Å². The summed E-state index contributed by atoms with van der Waals surface area (Å²) in [6.45, 7) is 1.34. The number of esters is 1. The molecule has 1 aromatic carbocycles. The maximum atomic E-state index is 12.0. The fourth-order valence-electron chi connectivity index (χ4n) is 1.39. The van der Waals surface area contributed by atoms with Gasteiger partial charge in [-0.25, -0.2) is 9.59 Å². The zero-order valence-corrected chi connectivity index (χ0v) is 12.5. The number of hydrogen-bond donors (Lipinski definition) is 2. The highest BCUT2D eigenvalue weighted by Gasteiger charge is 2.22. The lowest BCUT2D eigenvalue weighted by atomic mass is 10.2. The number of benzene rings is 1. The SMILES string of the molecule is CNC(=O)NC(=O)[C@@H](C)OC(=O)c1cc(Cl)ccc1OC. The van der Waals surface area contributed by atoms with Crippen LogP contribution in [0.1, 0.15) is 17.3 Å². The van der Waals surface area contributed by atoms with E-state index in [4.69, 9.17) is 21.1 Å². The highest BCUT2D eigenvalue weighted by atomic mass is 35.5. The standard InChI is InChI=1S/C13H15ClN2O5/c1-7(11(17)16-13(19)15-2)21-12(18)9-6-8(14)4-5-10(9)20-3/h4-7H,1-3H3,(H2,15,16,17,19)/t7-/m1/s1. The number of rotatable bonds is 4. The van der Waals surface area contributed by atoms with Crippen LogP contribution in [-0.2, 0) is 9.53 Å².